The number of hydrogen-bond acceptors (Lipinski definition) is 5. The Kier molecular flexibility index (Phi) is 3.35. The lowest BCUT2D eigenvalue weighted by atomic mass is 10.1. The molecule has 0 radical (unpaired) electrons. The molecule has 1 aliphatic rings. The summed E-state index contributed by atoms with van der Waals surface area (Å²) in [6.07, 6.45) is 0. The van der Waals surface area contributed by atoms with E-state index in [9.17, 15) is 0 Å². The quantitative estimate of drug-likeness (QED) is 0.658. The van der Waals surface area contributed by atoms with Gasteiger partial charge in [-0.05, 0) is 18.6 Å². The molecule has 3 rings (SSSR count). The molecule has 0 saturated carbocycles. The van der Waals surface area contributed by atoms with E-state index in [0.717, 1.165) is 38.9 Å². The highest BCUT2D eigenvalue weighted by Gasteiger charge is 2.20. The van der Waals surface area contributed by atoms with E-state index in [1.807, 2.05) is 36.9 Å². The number of hydrazine groups is 1. The molecule has 0 amide bonds. The highest BCUT2D eigenvalue weighted by atomic mass is 35.5. The summed E-state index contributed by atoms with van der Waals surface area (Å²) in [4.78, 5) is 9.10. The third kappa shape index (κ3) is 2.29. The maximum atomic E-state index is 6.15. The minimum absolute atomic E-state index is 0.663. The lowest BCUT2D eigenvalue weighted by Gasteiger charge is -2.09. The average Bonchev–Trinajstić information content (AvgIpc) is 2.89. The molecule has 19 heavy (non-hydrogen) atoms. The fourth-order valence-electron chi connectivity index (χ4n) is 2.03. The summed E-state index contributed by atoms with van der Waals surface area (Å²) in [6.45, 7) is 1.97. The zero-order valence-electron chi connectivity index (χ0n) is 10.4. The fourth-order valence-corrected chi connectivity index (χ4v) is 3.25. The van der Waals surface area contributed by atoms with Gasteiger partial charge in [-0.3, -0.25) is 0 Å². The van der Waals surface area contributed by atoms with Crippen molar-refractivity contribution < 1.29 is 0 Å². The molecule has 98 valence electrons. The van der Waals surface area contributed by atoms with Gasteiger partial charge >= 0.3 is 0 Å². The van der Waals surface area contributed by atoms with Gasteiger partial charge in [-0.1, -0.05) is 23.7 Å². The van der Waals surface area contributed by atoms with Crippen LogP contribution in [0.1, 0.15) is 16.8 Å². The number of hydrogen-bond donors (Lipinski definition) is 2. The first-order valence-electron chi connectivity index (χ1n) is 5.89. The highest BCUT2D eigenvalue weighted by Crippen LogP contribution is 2.34. The Morgan fingerprint density at radius 3 is 2.89 bits per heavy atom. The summed E-state index contributed by atoms with van der Waals surface area (Å²) in [5, 5.41) is 0.721. The van der Waals surface area contributed by atoms with Crippen molar-refractivity contribution in [2.75, 3.05) is 5.43 Å². The molecule has 2 heterocycles. The molecule has 1 aromatic heterocycles. The zero-order valence-corrected chi connectivity index (χ0v) is 12.0. The van der Waals surface area contributed by atoms with Crippen LogP contribution in [0.2, 0.25) is 5.02 Å². The normalized spacial score (nSPS) is 13.4. The maximum Gasteiger partial charge on any atom is 0.161 e. The number of nitrogens with two attached hydrogens (primary N) is 1. The predicted molar refractivity (Wildman–Crippen MR) is 80.0 cm³/mol. The molecule has 4 nitrogen and oxygen atoms in total. The summed E-state index contributed by atoms with van der Waals surface area (Å²) in [7, 11) is 0. The predicted octanol–water partition coefficient (Wildman–Crippen LogP) is 3.14. The molecule has 1 aliphatic heterocycles. The van der Waals surface area contributed by atoms with Gasteiger partial charge < -0.3 is 5.43 Å². The lowest BCUT2D eigenvalue weighted by Crippen LogP contribution is -2.12. The van der Waals surface area contributed by atoms with Crippen molar-refractivity contribution in [3.8, 4) is 11.4 Å². The van der Waals surface area contributed by atoms with Gasteiger partial charge in [-0.25, -0.2) is 15.8 Å². The van der Waals surface area contributed by atoms with E-state index < -0.39 is 0 Å². The minimum atomic E-state index is 0.663. The number of halogens is 1. The second-order valence-electron chi connectivity index (χ2n) is 4.42. The van der Waals surface area contributed by atoms with Crippen LogP contribution in [0.25, 0.3) is 11.4 Å². The van der Waals surface area contributed by atoms with Crippen molar-refractivity contribution in [2.45, 2.75) is 18.4 Å². The topological polar surface area (TPSA) is 63.8 Å². The number of thioether (sulfide) groups is 1. The number of aromatic nitrogens is 2. The smallest absolute Gasteiger partial charge is 0.161 e. The van der Waals surface area contributed by atoms with Gasteiger partial charge in [0.15, 0.2) is 5.82 Å². The Bertz CT molecular complexity index is 645. The van der Waals surface area contributed by atoms with E-state index in [2.05, 4.69) is 15.4 Å². The molecule has 0 fully saturated rings. The molecule has 0 aliphatic carbocycles. The molecule has 2 aromatic rings. The van der Waals surface area contributed by atoms with Crippen molar-refractivity contribution in [2.24, 2.45) is 5.84 Å². The standard InChI is InChI=1S/C13H13ClN4S/c1-7-2-3-8(4-10(7)14)12-16-11-6-19-5-9(11)13(17-12)18-15/h2-4H,5-6,15H2,1H3,(H,16,17,18). The van der Waals surface area contributed by atoms with Gasteiger partial charge in [-0.15, -0.1) is 0 Å². The molecular weight excluding hydrogens is 280 g/mol. The molecular formula is C13H13ClN4S. The summed E-state index contributed by atoms with van der Waals surface area (Å²) >= 11 is 7.97. The van der Waals surface area contributed by atoms with Crippen LogP contribution in [0, 0.1) is 6.92 Å². The van der Waals surface area contributed by atoms with E-state index in [4.69, 9.17) is 17.4 Å². The Labute approximate surface area is 120 Å². The summed E-state index contributed by atoms with van der Waals surface area (Å²) < 4.78 is 0. The lowest BCUT2D eigenvalue weighted by molar-refractivity contribution is 1.06. The molecule has 0 spiro atoms. The van der Waals surface area contributed by atoms with Gasteiger partial charge in [-0.2, -0.15) is 11.8 Å². The first-order chi connectivity index (χ1) is 9.19. The van der Waals surface area contributed by atoms with Gasteiger partial charge in [0.05, 0.1) is 5.69 Å². The van der Waals surface area contributed by atoms with E-state index in [0.29, 0.717) is 11.6 Å². The Hall–Kier alpha value is -1.30. The van der Waals surface area contributed by atoms with Crippen LogP contribution in [-0.4, -0.2) is 9.97 Å². The maximum absolute atomic E-state index is 6.15. The molecule has 0 bridgehead atoms. The monoisotopic (exact) mass is 292 g/mol. The summed E-state index contributed by atoms with van der Waals surface area (Å²) in [5.74, 6) is 8.73. The third-order valence-corrected chi connectivity index (χ3v) is 4.52. The van der Waals surface area contributed by atoms with Gasteiger partial charge in [0.2, 0.25) is 0 Å². The largest absolute Gasteiger partial charge is 0.308 e. The van der Waals surface area contributed by atoms with Crippen molar-refractivity contribution in [1.82, 2.24) is 9.97 Å². The van der Waals surface area contributed by atoms with Crippen molar-refractivity contribution in [1.29, 1.82) is 0 Å². The number of nitrogen functional groups attached to an aromatic ring is 1. The van der Waals surface area contributed by atoms with Crippen LogP contribution in [0.5, 0.6) is 0 Å². The van der Waals surface area contributed by atoms with Gasteiger partial charge in [0.1, 0.15) is 5.82 Å². The molecule has 0 unspecified atom stereocenters. The van der Waals surface area contributed by atoms with Crippen LogP contribution < -0.4 is 11.3 Å². The van der Waals surface area contributed by atoms with E-state index in [1.165, 1.54) is 0 Å². The average molecular weight is 293 g/mol. The Morgan fingerprint density at radius 2 is 2.16 bits per heavy atom. The number of benzene rings is 1. The second kappa shape index (κ2) is 5.00. The number of anilines is 1. The Morgan fingerprint density at radius 1 is 1.32 bits per heavy atom. The van der Waals surface area contributed by atoms with E-state index in [-0.39, 0.29) is 0 Å². The first-order valence-corrected chi connectivity index (χ1v) is 7.43. The minimum Gasteiger partial charge on any atom is -0.308 e. The van der Waals surface area contributed by atoms with Crippen molar-refractivity contribution >= 4 is 29.2 Å². The fraction of sp³-hybridized carbons (Fsp3) is 0.231. The number of nitrogens with one attached hydrogen (secondary N) is 1. The zero-order chi connectivity index (χ0) is 13.4. The molecule has 6 heteroatoms. The van der Waals surface area contributed by atoms with Crippen LogP contribution in [0.4, 0.5) is 5.82 Å². The second-order valence-corrected chi connectivity index (χ2v) is 5.81. The van der Waals surface area contributed by atoms with Crippen molar-refractivity contribution in [3.63, 3.8) is 0 Å². The molecule has 3 N–H and O–H groups in total. The number of fused-ring (bicyclic) bond motifs is 1. The molecule has 0 atom stereocenters. The van der Waals surface area contributed by atoms with Crippen LogP contribution >= 0.6 is 23.4 Å². The number of aryl methyl sites for hydroxylation is 1. The Balaban J connectivity index is 2.12. The van der Waals surface area contributed by atoms with Gasteiger partial charge in [0, 0.05) is 27.7 Å². The van der Waals surface area contributed by atoms with Gasteiger partial charge in [0.25, 0.3) is 0 Å². The first kappa shape index (κ1) is 12.7. The van der Waals surface area contributed by atoms with E-state index in [1.54, 1.807) is 0 Å². The number of rotatable bonds is 2. The van der Waals surface area contributed by atoms with Crippen LogP contribution in [0.15, 0.2) is 18.2 Å². The highest BCUT2D eigenvalue weighted by molar-refractivity contribution is 7.98. The number of nitrogens with zero attached hydrogens (tertiary/aromatic N) is 2. The summed E-state index contributed by atoms with van der Waals surface area (Å²) in [5.41, 5.74) is 6.78. The van der Waals surface area contributed by atoms with Crippen LogP contribution in [-0.2, 0) is 11.5 Å². The summed E-state index contributed by atoms with van der Waals surface area (Å²) in [6, 6.07) is 5.84. The third-order valence-electron chi connectivity index (χ3n) is 3.14. The molecule has 0 saturated heterocycles. The molecule has 1 aromatic carbocycles. The van der Waals surface area contributed by atoms with Crippen LogP contribution in [0.3, 0.4) is 0 Å². The van der Waals surface area contributed by atoms with Crippen molar-refractivity contribution in [3.05, 3.63) is 40.0 Å². The van der Waals surface area contributed by atoms with E-state index >= 15 is 0 Å². The SMILES string of the molecule is Cc1ccc(-c2nc3c(c(NN)n2)CSC3)cc1Cl.